The van der Waals surface area contributed by atoms with E-state index in [1.165, 1.54) is 0 Å². The highest BCUT2D eigenvalue weighted by Gasteiger charge is 2.24. The van der Waals surface area contributed by atoms with Crippen LogP contribution in [0.3, 0.4) is 0 Å². The number of urea groups is 1. The summed E-state index contributed by atoms with van der Waals surface area (Å²) in [5.41, 5.74) is 5.64. The quantitative estimate of drug-likeness (QED) is 0.577. The maximum Gasteiger partial charge on any atom is 0.321 e. The Labute approximate surface area is 133 Å². The van der Waals surface area contributed by atoms with Crippen LogP contribution in [-0.4, -0.2) is 36.5 Å². The van der Waals surface area contributed by atoms with Crippen LogP contribution in [0.2, 0.25) is 0 Å². The molecule has 1 aliphatic carbocycles. The van der Waals surface area contributed by atoms with Crippen molar-refractivity contribution in [2.24, 2.45) is 5.73 Å². The molecule has 0 aliphatic heterocycles. The molecule has 1 fully saturated rings. The number of nitrogens with two attached hydrogens (primary N) is 1. The first kappa shape index (κ1) is 16.6. The number of nitrogens with one attached hydrogen (secondary N) is 3. The minimum absolute atomic E-state index is 0.185. The van der Waals surface area contributed by atoms with Gasteiger partial charge in [0.1, 0.15) is 11.8 Å². The molecular weight excluding hydrogens is 300 g/mol. The SMILES string of the molecule is C[C@@H](Nc1cccc(OCC(N)=O)c1)C(=O)NC(=O)NC1CC1. The average Bonchev–Trinajstić information content (AvgIpc) is 3.29. The molecule has 0 saturated heterocycles. The van der Waals surface area contributed by atoms with E-state index in [0.29, 0.717) is 11.4 Å². The molecule has 0 heterocycles. The Morgan fingerprint density at radius 3 is 2.74 bits per heavy atom. The van der Waals surface area contributed by atoms with Crippen LogP contribution < -0.4 is 26.4 Å². The van der Waals surface area contributed by atoms with E-state index in [-0.39, 0.29) is 12.6 Å². The Hall–Kier alpha value is -2.77. The molecule has 23 heavy (non-hydrogen) atoms. The van der Waals surface area contributed by atoms with Crippen LogP contribution in [0.5, 0.6) is 5.75 Å². The van der Waals surface area contributed by atoms with Crippen molar-refractivity contribution in [3.63, 3.8) is 0 Å². The lowest BCUT2D eigenvalue weighted by molar-refractivity contribution is -0.121. The number of hydrogen-bond acceptors (Lipinski definition) is 5. The minimum Gasteiger partial charge on any atom is -0.484 e. The van der Waals surface area contributed by atoms with Crippen molar-refractivity contribution in [2.45, 2.75) is 31.8 Å². The Kier molecular flexibility index (Phi) is 5.40. The second kappa shape index (κ2) is 7.48. The standard InChI is InChI=1S/C15H20N4O4/c1-9(14(21)19-15(22)18-10-5-6-10)17-11-3-2-4-12(7-11)23-8-13(16)20/h2-4,7,9-10,17H,5-6,8H2,1H3,(H2,16,20)(H2,18,19,21,22)/t9-/m1/s1. The lowest BCUT2D eigenvalue weighted by Gasteiger charge is -2.15. The molecule has 4 amide bonds. The predicted molar refractivity (Wildman–Crippen MR) is 83.9 cm³/mol. The van der Waals surface area contributed by atoms with Crippen molar-refractivity contribution >= 4 is 23.5 Å². The summed E-state index contributed by atoms with van der Waals surface area (Å²) in [5.74, 6) is -0.558. The van der Waals surface area contributed by atoms with E-state index < -0.39 is 23.9 Å². The Morgan fingerprint density at radius 2 is 2.09 bits per heavy atom. The summed E-state index contributed by atoms with van der Waals surface area (Å²) >= 11 is 0. The largest absolute Gasteiger partial charge is 0.484 e. The molecule has 0 bridgehead atoms. The first-order valence-electron chi connectivity index (χ1n) is 7.33. The summed E-state index contributed by atoms with van der Waals surface area (Å²) in [6.45, 7) is 1.41. The summed E-state index contributed by atoms with van der Waals surface area (Å²) in [5, 5.41) is 7.92. The molecule has 0 spiro atoms. The average molecular weight is 320 g/mol. The molecule has 8 heteroatoms. The molecule has 1 aromatic rings. The van der Waals surface area contributed by atoms with Crippen LogP contribution in [-0.2, 0) is 9.59 Å². The van der Waals surface area contributed by atoms with Crippen LogP contribution >= 0.6 is 0 Å². The molecule has 1 aromatic carbocycles. The molecule has 8 nitrogen and oxygen atoms in total. The zero-order valence-electron chi connectivity index (χ0n) is 12.8. The van der Waals surface area contributed by atoms with Gasteiger partial charge in [-0.1, -0.05) is 6.07 Å². The third kappa shape index (κ3) is 5.85. The number of ether oxygens (including phenoxy) is 1. The number of benzene rings is 1. The number of amides is 4. The van der Waals surface area contributed by atoms with Crippen LogP contribution in [0.4, 0.5) is 10.5 Å². The fourth-order valence-corrected chi connectivity index (χ4v) is 1.81. The number of carbonyl (C=O) groups is 3. The fourth-order valence-electron chi connectivity index (χ4n) is 1.81. The van der Waals surface area contributed by atoms with E-state index >= 15 is 0 Å². The molecular formula is C15H20N4O4. The maximum absolute atomic E-state index is 11.9. The number of carbonyl (C=O) groups excluding carboxylic acids is 3. The van der Waals surface area contributed by atoms with Gasteiger partial charge in [-0.25, -0.2) is 4.79 Å². The van der Waals surface area contributed by atoms with Crippen LogP contribution in [0, 0.1) is 0 Å². The summed E-state index contributed by atoms with van der Waals surface area (Å²) in [7, 11) is 0. The van der Waals surface area contributed by atoms with Gasteiger partial charge in [0.2, 0.25) is 5.91 Å². The first-order valence-corrected chi connectivity index (χ1v) is 7.33. The van der Waals surface area contributed by atoms with E-state index in [0.717, 1.165) is 12.8 Å². The highest BCUT2D eigenvalue weighted by Crippen LogP contribution is 2.19. The van der Waals surface area contributed by atoms with Crippen molar-refractivity contribution < 1.29 is 19.1 Å². The van der Waals surface area contributed by atoms with Gasteiger partial charge < -0.3 is 21.1 Å². The van der Waals surface area contributed by atoms with Gasteiger partial charge in [0.25, 0.3) is 5.91 Å². The third-order valence-corrected chi connectivity index (χ3v) is 3.14. The molecule has 2 rings (SSSR count). The molecule has 0 radical (unpaired) electrons. The number of rotatable bonds is 7. The smallest absolute Gasteiger partial charge is 0.321 e. The number of anilines is 1. The zero-order valence-corrected chi connectivity index (χ0v) is 12.8. The van der Waals surface area contributed by atoms with Gasteiger partial charge in [-0.15, -0.1) is 0 Å². The summed E-state index contributed by atoms with van der Waals surface area (Å²) in [4.78, 5) is 34.2. The Bertz CT molecular complexity index is 601. The fraction of sp³-hybridized carbons (Fsp3) is 0.400. The van der Waals surface area contributed by atoms with Gasteiger partial charge >= 0.3 is 6.03 Å². The number of hydrogen-bond donors (Lipinski definition) is 4. The van der Waals surface area contributed by atoms with Crippen LogP contribution in [0.25, 0.3) is 0 Å². The van der Waals surface area contributed by atoms with Crippen molar-refractivity contribution in [3.05, 3.63) is 24.3 Å². The molecule has 0 unspecified atom stereocenters. The molecule has 1 aliphatic rings. The second-order valence-corrected chi connectivity index (χ2v) is 5.39. The number of primary amides is 1. The zero-order chi connectivity index (χ0) is 16.8. The first-order chi connectivity index (χ1) is 10.9. The van der Waals surface area contributed by atoms with Crippen LogP contribution in [0.1, 0.15) is 19.8 Å². The second-order valence-electron chi connectivity index (χ2n) is 5.39. The van der Waals surface area contributed by atoms with E-state index in [1.807, 2.05) is 0 Å². The van der Waals surface area contributed by atoms with Gasteiger partial charge in [-0.05, 0) is 31.9 Å². The lowest BCUT2D eigenvalue weighted by Crippen LogP contribution is -2.46. The van der Waals surface area contributed by atoms with Crippen molar-refractivity contribution in [3.8, 4) is 5.75 Å². The van der Waals surface area contributed by atoms with Crippen molar-refractivity contribution in [1.29, 1.82) is 0 Å². The summed E-state index contributed by atoms with van der Waals surface area (Å²) in [6, 6.07) is 5.84. The van der Waals surface area contributed by atoms with Crippen molar-refractivity contribution in [1.82, 2.24) is 10.6 Å². The Balaban J connectivity index is 1.84. The summed E-state index contributed by atoms with van der Waals surface area (Å²) in [6.07, 6.45) is 1.90. The minimum atomic E-state index is -0.619. The third-order valence-electron chi connectivity index (χ3n) is 3.14. The maximum atomic E-state index is 11.9. The topological polar surface area (TPSA) is 123 Å². The van der Waals surface area contributed by atoms with E-state index in [2.05, 4.69) is 16.0 Å². The number of imide groups is 1. The normalized spacial score (nSPS) is 14.5. The van der Waals surface area contributed by atoms with Gasteiger partial charge in [-0.2, -0.15) is 0 Å². The molecule has 5 N–H and O–H groups in total. The predicted octanol–water partition coefficient (Wildman–Crippen LogP) is 0.339. The van der Waals surface area contributed by atoms with Crippen molar-refractivity contribution in [2.75, 3.05) is 11.9 Å². The van der Waals surface area contributed by atoms with E-state index in [1.54, 1.807) is 31.2 Å². The van der Waals surface area contributed by atoms with Crippen LogP contribution in [0.15, 0.2) is 24.3 Å². The van der Waals surface area contributed by atoms with Gasteiger partial charge in [0.15, 0.2) is 6.61 Å². The van der Waals surface area contributed by atoms with Gasteiger partial charge in [0.05, 0.1) is 0 Å². The van der Waals surface area contributed by atoms with E-state index in [9.17, 15) is 14.4 Å². The van der Waals surface area contributed by atoms with Gasteiger partial charge in [-0.3, -0.25) is 14.9 Å². The molecule has 124 valence electrons. The molecule has 1 saturated carbocycles. The Morgan fingerprint density at radius 1 is 1.35 bits per heavy atom. The highest BCUT2D eigenvalue weighted by molar-refractivity contribution is 5.98. The van der Waals surface area contributed by atoms with E-state index in [4.69, 9.17) is 10.5 Å². The summed E-state index contributed by atoms with van der Waals surface area (Å²) < 4.78 is 5.19. The molecule has 0 aromatic heterocycles. The molecule has 1 atom stereocenters. The van der Waals surface area contributed by atoms with Gasteiger partial charge in [0, 0.05) is 17.8 Å². The lowest BCUT2D eigenvalue weighted by atomic mass is 10.2. The monoisotopic (exact) mass is 320 g/mol. The highest BCUT2D eigenvalue weighted by atomic mass is 16.5.